The van der Waals surface area contributed by atoms with Gasteiger partial charge in [-0.25, -0.2) is 9.18 Å². The van der Waals surface area contributed by atoms with E-state index in [1.807, 2.05) is 0 Å². The zero-order valence-corrected chi connectivity index (χ0v) is 24.2. The molecule has 0 atom stereocenters. The zero-order valence-electron chi connectivity index (χ0n) is 23.5. The molecule has 220 valence electrons. The van der Waals surface area contributed by atoms with Crippen LogP contribution in [0.3, 0.4) is 0 Å². The van der Waals surface area contributed by atoms with E-state index in [2.05, 4.69) is 20.4 Å². The molecule has 42 heavy (non-hydrogen) atoms. The van der Waals surface area contributed by atoms with Gasteiger partial charge in [-0.15, -0.1) is 10.2 Å². The summed E-state index contributed by atoms with van der Waals surface area (Å²) in [6.45, 7) is 6.26. The Morgan fingerprint density at radius 2 is 1.79 bits per heavy atom. The van der Waals surface area contributed by atoms with Crippen LogP contribution in [0, 0.1) is 5.82 Å². The first-order valence-corrected chi connectivity index (χ1v) is 13.6. The maximum atomic E-state index is 14.1. The fraction of sp³-hybridized carbons (Fsp3) is 0.310. The number of tetrazole rings is 1. The van der Waals surface area contributed by atoms with Crippen LogP contribution in [0.15, 0.2) is 73.3 Å². The van der Waals surface area contributed by atoms with Crippen molar-refractivity contribution in [2.45, 2.75) is 39.3 Å². The van der Waals surface area contributed by atoms with Gasteiger partial charge in [0, 0.05) is 35.2 Å². The van der Waals surface area contributed by atoms with Crippen LogP contribution in [0.2, 0.25) is 5.02 Å². The van der Waals surface area contributed by atoms with Crippen molar-refractivity contribution in [3.63, 3.8) is 0 Å². The molecule has 0 N–H and O–H groups in total. The van der Waals surface area contributed by atoms with E-state index in [-0.39, 0.29) is 30.3 Å². The second-order valence-corrected chi connectivity index (χ2v) is 10.6. The van der Waals surface area contributed by atoms with Crippen LogP contribution in [0.1, 0.15) is 37.6 Å². The molecule has 0 spiro atoms. The number of nitrogens with zero attached hydrogens (tertiary/aromatic N) is 7. The quantitative estimate of drug-likeness (QED) is 0.226. The lowest BCUT2D eigenvalue weighted by molar-refractivity contribution is 0.0575. The lowest BCUT2D eigenvalue weighted by Gasteiger charge is -2.27. The van der Waals surface area contributed by atoms with Gasteiger partial charge in [-0.2, -0.15) is 4.80 Å². The highest BCUT2D eigenvalue weighted by molar-refractivity contribution is 6.31. The maximum Gasteiger partial charge on any atom is 0.414 e. The summed E-state index contributed by atoms with van der Waals surface area (Å²) in [5.74, 6) is -0.538. The lowest BCUT2D eigenvalue weighted by atomic mass is 10.1. The average molecular weight is 596 g/mol. The van der Waals surface area contributed by atoms with E-state index in [1.54, 1.807) is 63.5 Å². The normalized spacial score (nSPS) is 11.2. The van der Waals surface area contributed by atoms with Crippen LogP contribution in [-0.2, 0) is 11.3 Å². The Labute approximate surface area is 247 Å². The van der Waals surface area contributed by atoms with Gasteiger partial charge in [0.25, 0.3) is 5.91 Å². The van der Waals surface area contributed by atoms with Crippen LogP contribution in [0.25, 0.3) is 0 Å². The first-order valence-electron chi connectivity index (χ1n) is 13.2. The number of hydrogen-bond acceptors (Lipinski definition) is 8. The molecule has 0 saturated carbocycles. The molecule has 2 amide bonds. The van der Waals surface area contributed by atoms with Crippen LogP contribution in [0.5, 0.6) is 5.75 Å². The highest BCUT2D eigenvalue weighted by Gasteiger charge is 2.24. The number of benzene rings is 2. The standard InChI is InChI=1S/C29H31ClFN7O4/c1-29(2,3)42-28(40)37(24-8-10-32-11-9-24)14-15-41-26-17-21(16-22(30)18-26)27(39)36(25-7-4-6-23(31)19-25)12-5-13-38-34-20-33-35-38/h4,6-11,16-20H,5,12-15H2,1-3H3. The summed E-state index contributed by atoms with van der Waals surface area (Å²) in [5.41, 5.74) is 0.542. The third-order valence-electron chi connectivity index (χ3n) is 5.79. The van der Waals surface area contributed by atoms with Gasteiger partial charge in [0.05, 0.1) is 18.8 Å². The number of ether oxygens (including phenoxy) is 2. The fourth-order valence-corrected chi connectivity index (χ4v) is 4.23. The summed E-state index contributed by atoms with van der Waals surface area (Å²) in [6, 6.07) is 13.8. The highest BCUT2D eigenvalue weighted by Crippen LogP contribution is 2.26. The van der Waals surface area contributed by atoms with Crippen LogP contribution in [-0.4, -0.2) is 62.5 Å². The predicted molar refractivity (Wildman–Crippen MR) is 155 cm³/mol. The lowest BCUT2D eigenvalue weighted by Crippen LogP contribution is -2.39. The van der Waals surface area contributed by atoms with Crippen LogP contribution >= 0.6 is 11.6 Å². The minimum Gasteiger partial charge on any atom is -0.492 e. The van der Waals surface area contributed by atoms with Gasteiger partial charge in [0.2, 0.25) is 0 Å². The van der Waals surface area contributed by atoms with E-state index in [0.29, 0.717) is 30.1 Å². The summed E-state index contributed by atoms with van der Waals surface area (Å²) in [4.78, 5) is 34.9. The van der Waals surface area contributed by atoms with Gasteiger partial charge in [0.15, 0.2) is 6.33 Å². The molecule has 4 rings (SSSR count). The van der Waals surface area contributed by atoms with Crippen molar-refractivity contribution in [1.29, 1.82) is 0 Å². The third-order valence-corrected chi connectivity index (χ3v) is 6.00. The Hall–Kier alpha value is -4.58. The average Bonchev–Trinajstić information content (AvgIpc) is 3.46. The molecule has 2 aromatic heterocycles. The second-order valence-electron chi connectivity index (χ2n) is 10.2. The summed E-state index contributed by atoms with van der Waals surface area (Å²) in [7, 11) is 0. The summed E-state index contributed by atoms with van der Waals surface area (Å²) >= 11 is 6.37. The van der Waals surface area contributed by atoms with E-state index in [0.717, 1.165) is 0 Å². The van der Waals surface area contributed by atoms with Gasteiger partial charge < -0.3 is 14.4 Å². The van der Waals surface area contributed by atoms with Gasteiger partial charge in [-0.3, -0.25) is 14.7 Å². The van der Waals surface area contributed by atoms with E-state index in [4.69, 9.17) is 21.1 Å². The van der Waals surface area contributed by atoms with Crippen molar-refractivity contribution in [2.24, 2.45) is 0 Å². The molecule has 0 fully saturated rings. The molecular weight excluding hydrogens is 565 g/mol. The van der Waals surface area contributed by atoms with Gasteiger partial charge in [0.1, 0.15) is 23.8 Å². The van der Waals surface area contributed by atoms with E-state index >= 15 is 0 Å². The van der Waals surface area contributed by atoms with Crippen molar-refractivity contribution >= 4 is 35.0 Å². The predicted octanol–water partition coefficient (Wildman–Crippen LogP) is 5.42. The molecule has 0 aliphatic heterocycles. The fourth-order valence-electron chi connectivity index (χ4n) is 4.00. The van der Waals surface area contributed by atoms with Crippen LogP contribution in [0.4, 0.5) is 20.6 Å². The van der Waals surface area contributed by atoms with Gasteiger partial charge in [-0.05, 0) is 80.9 Å². The van der Waals surface area contributed by atoms with Crippen molar-refractivity contribution in [1.82, 2.24) is 25.2 Å². The number of carbonyl (C=O) groups excluding carboxylic acids is 2. The summed E-state index contributed by atoms with van der Waals surface area (Å²) in [5, 5.41) is 11.8. The third kappa shape index (κ3) is 8.71. The Balaban J connectivity index is 1.49. The topological polar surface area (TPSA) is 116 Å². The molecule has 0 radical (unpaired) electrons. The molecule has 0 saturated heterocycles. The number of halogens is 2. The first-order chi connectivity index (χ1) is 20.1. The molecule has 2 aromatic carbocycles. The van der Waals surface area contributed by atoms with Crippen molar-refractivity contribution < 1.29 is 23.5 Å². The first kappa shape index (κ1) is 30.4. The van der Waals surface area contributed by atoms with E-state index in [9.17, 15) is 14.0 Å². The molecule has 0 aliphatic rings. The molecule has 2 heterocycles. The van der Waals surface area contributed by atoms with Crippen molar-refractivity contribution in [2.75, 3.05) is 29.5 Å². The Kier molecular flexibility index (Phi) is 10.0. The SMILES string of the molecule is CC(C)(C)OC(=O)N(CCOc1cc(Cl)cc(C(=O)N(CCCn2ncnn2)c2cccc(F)c2)c1)c1ccncc1. The van der Waals surface area contributed by atoms with Crippen LogP contribution < -0.4 is 14.5 Å². The molecule has 0 unspecified atom stereocenters. The van der Waals surface area contributed by atoms with Crippen molar-refractivity contribution in [3.05, 3.63) is 89.7 Å². The minimum atomic E-state index is -0.690. The van der Waals surface area contributed by atoms with E-state index < -0.39 is 23.4 Å². The molecule has 11 nitrogen and oxygen atoms in total. The number of amides is 2. The molecule has 4 aromatic rings. The summed E-state index contributed by atoms with van der Waals surface area (Å²) < 4.78 is 25.6. The number of aromatic nitrogens is 5. The van der Waals surface area contributed by atoms with Gasteiger partial charge >= 0.3 is 6.09 Å². The van der Waals surface area contributed by atoms with E-state index in [1.165, 1.54) is 45.2 Å². The number of rotatable bonds is 11. The number of pyridine rings is 1. The Morgan fingerprint density at radius 1 is 1.00 bits per heavy atom. The zero-order chi connectivity index (χ0) is 30.1. The monoisotopic (exact) mass is 595 g/mol. The molecule has 13 heteroatoms. The number of aryl methyl sites for hydroxylation is 1. The molecule has 0 bridgehead atoms. The Bertz CT molecular complexity index is 1480. The molecular formula is C29H31ClFN7O4. The minimum absolute atomic E-state index is 0.0774. The van der Waals surface area contributed by atoms with Crippen molar-refractivity contribution in [3.8, 4) is 5.75 Å². The molecule has 0 aliphatic carbocycles. The maximum absolute atomic E-state index is 14.1. The number of anilines is 2. The number of carbonyl (C=O) groups is 2. The largest absolute Gasteiger partial charge is 0.492 e. The highest BCUT2D eigenvalue weighted by atomic mass is 35.5. The second kappa shape index (κ2) is 13.9. The summed E-state index contributed by atoms with van der Waals surface area (Å²) in [6.07, 6.45) is 4.43. The smallest absolute Gasteiger partial charge is 0.414 e. The van der Waals surface area contributed by atoms with Gasteiger partial charge in [-0.1, -0.05) is 17.7 Å². The Morgan fingerprint density at radius 3 is 2.48 bits per heavy atom. The number of hydrogen-bond donors (Lipinski definition) is 0.